The highest BCUT2D eigenvalue weighted by Crippen LogP contribution is 2.28. The van der Waals surface area contributed by atoms with Crippen LogP contribution in [-0.2, 0) is 24.3 Å². The number of hydrogen-bond donors (Lipinski definition) is 2. The molecule has 4 rings (SSSR count). The van der Waals surface area contributed by atoms with Crippen molar-refractivity contribution in [3.8, 4) is 0 Å². The van der Waals surface area contributed by atoms with Crippen molar-refractivity contribution in [1.82, 2.24) is 25.4 Å². The molecule has 0 bridgehead atoms. The normalized spacial score (nSPS) is 18.8. The van der Waals surface area contributed by atoms with Crippen LogP contribution in [0.3, 0.4) is 0 Å². The number of amides is 2. The number of rotatable bonds is 7. The molecule has 3 heterocycles. The van der Waals surface area contributed by atoms with Crippen LogP contribution in [-0.4, -0.2) is 32.6 Å². The Hall–Kier alpha value is -2.70. The lowest BCUT2D eigenvalue weighted by atomic mass is 10.0. The lowest BCUT2D eigenvalue weighted by Gasteiger charge is -2.13. The minimum absolute atomic E-state index is 0.0182. The Morgan fingerprint density at radius 1 is 1.21 bits per heavy atom. The van der Waals surface area contributed by atoms with E-state index in [0.29, 0.717) is 31.5 Å². The van der Waals surface area contributed by atoms with Crippen LogP contribution in [0.1, 0.15) is 60.1 Å². The molecule has 1 aliphatic heterocycles. The number of carbonyl (C=O) groups excluding carboxylic acids is 2. The van der Waals surface area contributed by atoms with Gasteiger partial charge in [-0.1, -0.05) is 31.7 Å². The third kappa shape index (κ3) is 4.40. The smallest absolute Gasteiger partial charge is 0.255 e. The SMILES string of the molecule is O=C(CCC1CCCC1)N[C@H]1Cc2c(C(=O)NCc3cccnc3)cnn2C1. The summed E-state index contributed by atoms with van der Waals surface area (Å²) in [6, 6.07) is 3.79. The van der Waals surface area contributed by atoms with Gasteiger partial charge in [-0.3, -0.25) is 19.3 Å². The van der Waals surface area contributed by atoms with E-state index in [1.165, 1.54) is 25.7 Å². The molecule has 148 valence electrons. The zero-order chi connectivity index (χ0) is 19.3. The first-order valence-electron chi connectivity index (χ1n) is 10.2. The van der Waals surface area contributed by atoms with Gasteiger partial charge in [0.05, 0.1) is 30.0 Å². The van der Waals surface area contributed by atoms with E-state index in [-0.39, 0.29) is 17.9 Å². The molecule has 0 unspecified atom stereocenters. The first-order chi connectivity index (χ1) is 13.7. The lowest BCUT2D eigenvalue weighted by molar-refractivity contribution is -0.122. The summed E-state index contributed by atoms with van der Waals surface area (Å²) in [4.78, 5) is 28.9. The van der Waals surface area contributed by atoms with Crippen molar-refractivity contribution in [1.29, 1.82) is 0 Å². The molecule has 0 radical (unpaired) electrons. The Kier molecular flexibility index (Phi) is 5.69. The van der Waals surface area contributed by atoms with Gasteiger partial charge >= 0.3 is 0 Å². The molecule has 28 heavy (non-hydrogen) atoms. The third-order valence-corrected chi connectivity index (χ3v) is 5.82. The summed E-state index contributed by atoms with van der Waals surface area (Å²) in [6.45, 7) is 1.05. The molecule has 2 N–H and O–H groups in total. The number of carbonyl (C=O) groups is 2. The number of hydrogen-bond acceptors (Lipinski definition) is 4. The van der Waals surface area contributed by atoms with Crippen molar-refractivity contribution in [3.63, 3.8) is 0 Å². The second kappa shape index (κ2) is 8.54. The summed E-state index contributed by atoms with van der Waals surface area (Å²) in [7, 11) is 0. The third-order valence-electron chi connectivity index (χ3n) is 5.82. The largest absolute Gasteiger partial charge is 0.351 e. The van der Waals surface area contributed by atoms with Crippen LogP contribution in [0.4, 0.5) is 0 Å². The lowest BCUT2D eigenvalue weighted by Crippen LogP contribution is -2.36. The molecule has 0 saturated heterocycles. The second-order valence-electron chi connectivity index (χ2n) is 7.89. The van der Waals surface area contributed by atoms with Crippen LogP contribution in [0.5, 0.6) is 0 Å². The van der Waals surface area contributed by atoms with E-state index < -0.39 is 0 Å². The van der Waals surface area contributed by atoms with E-state index in [2.05, 4.69) is 20.7 Å². The Bertz CT molecular complexity index is 827. The predicted molar refractivity (Wildman–Crippen MR) is 104 cm³/mol. The van der Waals surface area contributed by atoms with Crippen molar-refractivity contribution in [2.75, 3.05) is 0 Å². The van der Waals surface area contributed by atoms with Gasteiger partial charge in [0.2, 0.25) is 5.91 Å². The molecule has 2 amide bonds. The van der Waals surface area contributed by atoms with Gasteiger partial charge in [-0.05, 0) is 24.0 Å². The van der Waals surface area contributed by atoms with E-state index in [1.54, 1.807) is 18.6 Å². The maximum Gasteiger partial charge on any atom is 0.255 e. The van der Waals surface area contributed by atoms with Crippen LogP contribution < -0.4 is 10.6 Å². The topological polar surface area (TPSA) is 88.9 Å². The molecule has 1 fully saturated rings. The number of aromatic nitrogens is 3. The van der Waals surface area contributed by atoms with Crippen LogP contribution in [0, 0.1) is 5.92 Å². The number of pyridine rings is 1. The highest BCUT2D eigenvalue weighted by atomic mass is 16.2. The minimum Gasteiger partial charge on any atom is -0.351 e. The first kappa shape index (κ1) is 18.7. The molecule has 7 nitrogen and oxygen atoms in total. The summed E-state index contributed by atoms with van der Waals surface area (Å²) < 4.78 is 1.83. The average molecular weight is 381 g/mol. The van der Waals surface area contributed by atoms with Crippen LogP contribution in [0.15, 0.2) is 30.7 Å². The van der Waals surface area contributed by atoms with Crippen LogP contribution in [0.2, 0.25) is 0 Å². The van der Waals surface area contributed by atoms with Crippen molar-refractivity contribution < 1.29 is 9.59 Å². The molecule has 1 aliphatic carbocycles. The van der Waals surface area contributed by atoms with E-state index in [9.17, 15) is 9.59 Å². The molecule has 0 aromatic carbocycles. The van der Waals surface area contributed by atoms with Gasteiger partial charge in [0.25, 0.3) is 5.91 Å². The van der Waals surface area contributed by atoms with Crippen molar-refractivity contribution in [2.24, 2.45) is 5.92 Å². The van der Waals surface area contributed by atoms with Gasteiger partial charge in [-0.15, -0.1) is 0 Å². The van der Waals surface area contributed by atoms with Gasteiger partial charge in [-0.25, -0.2) is 0 Å². The molecule has 2 aromatic rings. The van der Waals surface area contributed by atoms with Gasteiger partial charge in [0.1, 0.15) is 0 Å². The molecule has 2 aromatic heterocycles. The molecular weight excluding hydrogens is 354 g/mol. The zero-order valence-corrected chi connectivity index (χ0v) is 16.1. The summed E-state index contributed by atoms with van der Waals surface area (Å²) in [5, 5.41) is 10.4. The maximum absolute atomic E-state index is 12.5. The number of nitrogens with one attached hydrogen (secondary N) is 2. The molecule has 1 saturated carbocycles. The Morgan fingerprint density at radius 3 is 2.86 bits per heavy atom. The minimum atomic E-state index is -0.140. The quantitative estimate of drug-likeness (QED) is 0.770. The maximum atomic E-state index is 12.5. The van der Waals surface area contributed by atoms with Crippen molar-refractivity contribution >= 4 is 11.8 Å². The molecule has 7 heteroatoms. The van der Waals surface area contributed by atoms with Gasteiger partial charge in [-0.2, -0.15) is 5.10 Å². The Labute approximate surface area is 164 Å². The van der Waals surface area contributed by atoms with E-state index in [1.807, 2.05) is 16.8 Å². The van der Waals surface area contributed by atoms with E-state index in [0.717, 1.165) is 23.6 Å². The fourth-order valence-corrected chi connectivity index (χ4v) is 4.29. The van der Waals surface area contributed by atoms with Crippen LogP contribution >= 0.6 is 0 Å². The van der Waals surface area contributed by atoms with E-state index in [4.69, 9.17) is 0 Å². The zero-order valence-electron chi connectivity index (χ0n) is 16.1. The highest BCUT2D eigenvalue weighted by Gasteiger charge is 2.29. The predicted octanol–water partition coefficient (Wildman–Crippen LogP) is 2.22. The number of fused-ring (bicyclic) bond motifs is 1. The number of nitrogens with zero attached hydrogens (tertiary/aromatic N) is 3. The van der Waals surface area contributed by atoms with Gasteiger partial charge < -0.3 is 10.6 Å². The highest BCUT2D eigenvalue weighted by molar-refractivity contribution is 5.95. The van der Waals surface area contributed by atoms with Crippen molar-refractivity contribution in [3.05, 3.63) is 47.5 Å². The Morgan fingerprint density at radius 2 is 2.07 bits per heavy atom. The molecular formula is C21H27N5O2. The van der Waals surface area contributed by atoms with Crippen LogP contribution in [0.25, 0.3) is 0 Å². The summed E-state index contributed by atoms with van der Waals surface area (Å²) in [5.41, 5.74) is 2.43. The second-order valence-corrected chi connectivity index (χ2v) is 7.89. The summed E-state index contributed by atoms with van der Waals surface area (Å²) in [6.07, 6.45) is 12.4. The van der Waals surface area contributed by atoms with Crippen molar-refractivity contribution in [2.45, 2.75) is 64.1 Å². The molecule has 1 atom stereocenters. The summed E-state index contributed by atoms with van der Waals surface area (Å²) in [5.74, 6) is 0.698. The fraction of sp³-hybridized carbons (Fsp3) is 0.524. The average Bonchev–Trinajstić information content (AvgIpc) is 3.42. The summed E-state index contributed by atoms with van der Waals surface area (Å²) >= 11 is 0. The fourth-order valence-electron chi connectivity index (χ4n) is 4.29. The van der Waals surface area contributed by atoms with E-state index >= 15 is 0 Å². The van der Waals surface area contributed by atoms with Gasteiger partial charge in [0.15, 0.2) is 0 Å². The first-order valence-corrected chi connectivity index (χ1v) is 10.2. The standard InChI is InChI=1S/C21H27N5O2/c27-20(8-7-15-4-1-2-5-15)25-17-10-19-18(13-24-26(19)14-17)21(28)23-12-16-6-3-9-22-11-16/h3,6,9,11,13,15,17H,1-2,4-5,7-8,10,12,14H2,(H,23,28)(H,25,27)/t17-/m0/s1. The van der Waals surface area contributed by atoms with Gasteiger partial charge in [0, 0.05) is 31.8 Å². The molecule has 0 spiro atoms. The Balaban J connectivity index is 1.27. The molecule has 2 aliphatic rings. The monoisotopic (exact) mass is 381 g/mol.